The summed E-state index contributed by atoms with van der Waals surface area (Å²) in [6, 6.07) is 2.88. The highest BCUT2D eigenvalue weighted by atomic mass is 19.1. The SMILES string of the molecule is CCC1(CC)CCN(C(=O)c2cc(N)c(C)c(F)c2)C1. The lowest BCUT2D eigenvalue weighted by Gasteiger charge is -2.26. The van der Waals surface area contributed by atoms with E-state index < -0.39 is 5.82 Å². The zero-order valence-corrected chi connectivity index (χ0v) is 12.5. The monoisotopic (exact) mass is 278 g/mol. The maximum absolute atomic E-state index is 13.7. The van der Waals surface area contributed by atoms with E-state index in [2.05, 4.69) is 13.8 Å². The molecule has 0 bridgehead atoms. The van der Waals surface area contributed by atoms with E-state index in [1.807, 2.05) is 4.90 Å². The van der Waals surface area contributed by atoms with Crippen molar-refractivity contribution in [3.05, 3.63) is 29.1 Å². The number of likely N-dealkylation sites (tertiary alicyclic amines) is 1. The summed E-state index contributed by atoms with van der Waals surface area (Å²) in [5.74, 6) is -0.524. The largest absolute Gasteiger partial charge is 0.398 e. The standard InChI is InChI=1S/C16H23FN2O/c1-4-16(5-2)6-7-19(10-16)15(20)12-8-13(17)11(3)14(18)9-12/h8-9H,4-7,10,18H2,1-3H3. The summed E-state index contributed by atoms with van der Waals surface area (Å²) in [6.07, 6.45) is 3.16. The number of nitrogens with zero attached hydrogens (tertiary/aromatic N) is 1. The van der Waals surface area contributed by atoms with Gasteiger partial charge in [0.1, 0.15) is 5.82 Å². The molecule has 1 aromatic carbocycles. The molecule has 4 heteroatoms. The van der Waals surface area contributed by atoms with Crippen LogP contribution in [-0.4, -0.2) is 23.9 Å². The van der Waals surface area contributed by atoms with Gasteiger partial charge in [0.15, 0.2) is 0 Å². The third-order valence-electron chi connectivity index (χ3n) is 4.86. The molecule has 1 aliphatic rings. The number of carbonyl (C=O) groups excluding carboxylic acids is 1. The van der Waals surface area contributed by atoms with Crippen molar-refractivity contribution in [3.63, 3.8) is 0 Å². The molecule has 20 heavy (non-hydrogen) atoms. The van der Waals surface area contributed by atoms with Gasteiger partial charge in [-0.1, -0.05) is 13.8 Å². The van der Waals surface area contributed by atoms with E-state index in [-0.39, 0.29) is 11.3 Å². The summed E-state index contributed by atoms with van der Waals surface area (Å²) in [6.45, 7) is 7.46. The van der Waals surface area contributed by atoms with Gasteiger partial charge in [-0.2, -0.15) is 0 Å². The topological polar surface area (TPSA) is 46.3 Å². The Balaban J connectivity index is 2.21. The van der Waals surface area contributed by atoms with Crippen LogP contribution in [0.1, 0.15) is 49.0 Å². The minimum absolute atomic E-state index is 0.112. The van der Waals surface area contributed by atoms with Crippen LogP contribution in [0.2, 0.25) is 0 Å². The van der Waals surface area contributed by atoms with Crippen LogP contribution in [0.15, 0.2) is 12.1 Å². The maximum Gasteiger partial charge on any atom is 0.254 e. The van der Waals surface area contributed by atoms with Gasteiger partial charge in [-0.3, -0.25) is 4.79 Å². The second kappa shape index (κ2) is 5.43. The molecule has 3 nitrogen and oxygen atoms in total. The highest BCUT2D eigenvalue weighted by molar-refractivity contribution is 5.95. The van der Waals surface area contributed by atoms with Gasteiger partial charge in [0.25, 0.3) is 5.91 Å². The zero-order chi connectivity index (χ0) is 14.9. The van der Waals surface area contributed by atoms with Crippen molar-refractivity contribution in [1.82, 2.24) is 4.90 Å². The Bertz CT molecular complexity index is 500. The lowest BCUT2D eigenvalue weighted by Crippen LogP contribution is -2.32. The number of halogens is 1. The van der Waals surface area contributed by atoms with Crippen LogP contribution in [0.4, 0.5) is 10.1 Å². The molecule has 0 spiro atoms. The predicted molar refractivity (Wildman–Crippen MR) is 79.1 cm³/mol. The maximum atomic E-state index is 13.7. The molecule has 2 rings (SSSR count). The Morgan fingerprint density at radius 3 is 2.55 bits per heavy atom. The molecule has 0 aliphatic carbocycles. The summed E-state index contributed by atoms with van der Waals surface area (Å²) in [4.78, 5) is 14.3. The number of carbonyl (C=O) groups is 1. The number of hydrogen-bond acceptors (Lipinski definition) is 2. The molecule has 0 aromatic heterocycles. The molecule has 1 fully saturated rings. The highest BCUT2D eigenvalue weighted by Crippen LogP contribution is 2.37. The fraction of sp³-hybridized carbons (Fsp3) is 0.562. The van der Waals surface area contributed by atoms with Crippen LogP contribution < -0.4 is 5.73 Å². The van der Waals surface area contributed by atoms with Gasteiger partial charge in [-0.15, -0.1) is 0 Å². The van der Waals surface area contributed by atoms with Crippen molar-refractivity contribution in [2.75, 3.05) is 18.8 Å². The summed E-state index contributed by atoms with van der Waals surface area (Å²) >= 11 is 0. The minimum atomic E-state index is -0.412. The molecular formula is C16H23FN2O. The first kappa shape index (κ1) is 14.8. The molecule has 1 heterocycles. The lowest BCUT2D eigenvalue weighted by molar-refractivity contribution is 0.0769. The van der Waals surface area contributed by atoms with Crippen molar-refractivity contribution >= 4 is 11.6 Å². The molecule has 1 aliphatic heterocycles. The van der Waals surface area contributed by atoms with Gasteiger partial charge in [0, 0.05) is 29.9 Å². The van der Waals surface area contributed by atoms with E-state index in [4.69, 9.17) is 5.73 Å². The average Bonchev–Trinajstić information content (AvgIpc) is 2.88. The van der Waals surface area contributed by atoms with Gasteiger partial charge in [0.2, 0.25) is 0 Å². The quantitative estimate of drug-likeness (QED) is 0.862. The van der Waals surface area contributed by atoms with Crippen LogP contribution in [0.3, 0.4) is 0 Å². The number of nitrogen functional groups attached to an aromatic ring is 1. The average molecular weight is 278 g/mol. The molecule has 1 saturated heterocycles. The number of anilines is 1. The van der Waals surface area contributed by atoms with Crippen LogP contribution in [0.25, 0.3) is 0 Å². The molecular weight excluding hydrogens is 255 g/mol. The van der Waals surface area contributed by atoms with E-state index >= 15 is 0 Å². The van der Waals surface area contributed by atoms with Crippen molar-refractivity contribution < 1.29 is 9.18 Å². The Labute approximate surface area is 120 Å². The highest BCUT2D eigenvalue weighted by Gasteiger charge is 2.37. The first-order chi connectivity index (χ1) is 9.42. The van der Waals surface area contributed by atoms with Gasteiger partial charge in [0.05, 0.1) is 0 Å². The minimum Gasteiger partial charge on any atom is -0.398 e. The molecule has 0 unspecified atom stereocenters. The third kappa shape index (κ3) is 2.51. The lowest BCUT2D eigenvalue weighted by atomic mass is 9.82. The van der Waals surface area contributed by atoms with Crippen LogP contribution >= 0.6 is 0 Å². The smallest absolute Gasteiger partial charge is 0.254 e. The third-order valence-corrected chi connectivity index (χ3v) is 4.86. The van der Waals surface area contributed by atoms with E-state index in [1.54, 1.807) is 13.0 Å². The first-order valence-electron chi connectivity index (χ1n) is 7.27. The summed E-state index contributed by atoms with van der Waals surface area (Å²) in [5.41, 5.74) is 7.07. The second-order valence-corrected chi connectivity index (χ2v) is 5.86. The molecule has 0 saturated carbocycles. The normalized spacial score (nSPS) is 17.5. The number of nitrogens with two attached hydrogens (primary N) is 1. The van der Waals surface area contributed by atoms with Gasteiger partial charge < -0.3 is 10.6 Å². The Hall–Kier alpha value is -1.58. The number of benzene rings is 1. The Morgan fingerprint density at radius 2 is 2.05 bits per heavy atom. The Morgan fingerprint density at radius 1 is 1.40 bits per heavy atom. The zero-order valence-electron chi connectivity index (χ0n) is 12.5. The van der Waals surface area contributed by atoms with Crippen molar-refractivity contribution in [2.24, 2.45) is 5.41 Å². The molecule has 0 radical (unpaired) electrons. The first-order valence-corrected chi connectivity index (χ1v) is 7.27. The fourth-order valence-electron chi connectivity index (χ4n) is 2.94. The molecule has 0 atom stereocenters. The predicted octanol–water partition coefficient (Wildman–Crippen LogP) is 3.37. The van der Waals surface area contributed by atoms with Crippen molar-refractivity contribution in [2.45, 2.75) is 40.0 Å². The van der Waals surface area contributed by atoms with E-state index in [0.29, 0.717) is 16.8 Å². The summed E-state index contributed by atoms with van der Waals surface area (Å²) < 4.78 is 13.7. The summed E-state index contributed by atoms with van der Waals surface area (Å²) in [7, 11) is 0. The number of rotatable bonds is 3. The van der Waals surface area contributed by atoms with E-state index in [0.717, 1.165) is 32.4 Å². The molecule has 2 N–H and O–H groups in total. The van der Waals surface area contributed by atoms with Crippen LogP contribution in [-0.2, 0) is 0 Å². The van der Waals surface area contributed by atoms with Gasteiger partial charge in [-0.25, -0.2) is 4.39 Å². The number of amides is 1. The van der Waals surface area contributed by atoms with E-state index in [9.17, 15) is 9.18 Å². The number of hydrogen-bond donors (Lipinski definition) is 1. The van der Waals surface area contributed by atoms with Gasteiger partial charge in [-0.05, 0) is 43.7 Å². The summed E-state index contributed by atoms with van der Waals surface area (Å²) in [5, 5.41) is 0. The van der Waals surface area contributed by atoms with Crippen LogP contribution in [0.5, 0.6) is 0 Å². The molecule has 1 amide bonds. The fourth-order valence-corrected chi connectivity index (χ4v) is 2.94. The van der Waals surface area contributed by atoms with Crippen LogP contribution in [0, 0.1) is 18.2 Å². The molecule has 1 aromatic rings. The van der Waals surface area contributed by atoms with Crippen molar-refractivity contribution in [3.8, 4) is 0 Å². The second-order valence-electron chi connectivity index (χ2n) is 5.86. The van der Waals surface area contributed by atoms with Crippen molar-refractivity contribution in [1.29, 1.82) is 0 Å². The Kier molecular flexibility index (Phi) is 4.02. The molecule has 110 valence electrons. The van der Waals surface area contributed by atoms with E-state index in [1.165, 1.54) is 6.07 Å². The van der Waals surface area contributed by atoms with Gasteiger partial charge >= 0.3 is 0 Å².